The molecule has 1 unspecified atom stereocenters. The van der Waals surface area contributed by atoms with E-state index < -0.39 is 0 Å². The van der Waals surface area contributed by atoms with Crippen LogP contribution < -0.4 is 15.5 Å². The van der Waals surface area contributed by atoms with Crippen molar-refractivity contribution in [1.29, 1.82) is 0 Å². The molecule has 1 saturated heterocycles. The Kier molecular flexibility index (Phi) is 5.42. The summed E-state index contributed by atoms with van der Waals surface area (Å²) in [4.78, 5) is 14.8. The van der Waals surface area contributed by atoms with E-state index in [1.165, 1.54) is 0 Å². The minimum atomic E-state index is -0.0902. The van der Waals surface area contributed by atoms with Crippen molar-refractivity contribution in [2.24, 2.45) is 0 Å². The van der Waals surface area contributed by atoms with Gasteiger partial charge in [-0.1, -0.05) is 6.92 Å². The first-order valence-corrected chi connectivity index (χ1v) is 6.96. The van der Waals surface area contributed by atoms with Gasteiger partial charge in [-0.2, -0.15) is 0 Å². The summed E-state index contributed by atoms with van der Waals surface area (Å²) in [7, 11) is 0. The minimum Gasteiger partial charge on any atom is -0.488 e. The number of aromatic nitrogens is 1. The van der Waals surface area contributed by atoms with Crippen LogP contribution in [0.15, 0.2) is 17.1 Å². The molecule has 1 atom stereocenters. The van der Waals surface area contributed by atoms with Crippen LogP contribution in [0.3, 0.4) is 0 Å². The lowest BCUT2D eigenvalue weighted by Crippen LogP contribution is -2.35. The first kappa shape index (κ1) is 14.1. The van der Waals surface area contributed by atoms with E-state index in [4.69, 9.17) is 9.47 Å². The Balaban J connectivity index is 1.86. The fourth-order valence-electron chi connectivity index (χ4n) is 2.08. The van der Waals surface area contributed by atoms with Gasteiger partial charge in [0, 0.05) is 24.5 Å². The molecular formula is C14H22N2O3. The number of hydrogen-bond acceptors (Lipinski definition) is 4. The third kappa shape index (κ3) is 4.36. The van der Waals surface area contributed by atoms with E-state index in [1.54, 1.807) is 12.3 Å². The Labute approximate surface area is 113 Å². The molecule has 5 heteroatoms. The van der Waals surface area contributed by atoms with Crippen molar-refractivity contribution in [3.05, 3.63) is 28.2 Å². The third-order valence-corrected chi connectivity index (χ3v) is 3.12. The summed E-state index contributed by atoms with van der Waals surface area (Å²) in [5.41, 5.74) is 0.701. The molecule has 2 rings (SSSR count). The molecule has 0 bridgehead atoms. The Morgan fingerprint density at radius 1 is 1.47 bits per heavy atom. The molecule has 0 aromatic carbocycles. The van der Waals surface area contributed by atoms with Crippen molar-refractivity contribution < 1.29 is 9.47 Å². The SMILES string of the molecule is CCCOc1c[nH]c(COC2CCCNC2)cc1=O. The maximum Gasteiger partial charge on any atom is 0.223 e. The summed E-state index contributed by atoms with van der Waals surface area (Å²) in [5.74, 6) is 0.380. The van der Waals surface area contributed by atoms with E-state index in [0.717, 1.165) is 38.0 Å². The Morgan fingerprint density at radius 2 is 2.37 bits per heavy atom. The maximum atomic E-state index is 11.8. The molecule has 106 valence electrons. The summed E-state index contributed by atoms with van der Waals surface area (Å²) in [6.07, 6.45) is 4.97. The Bertz CT molecular complexity index is 439. The third-order valence-electron chi connectivity index (χ3n) is 3.12. The second kappa shape index (κ2) is 7.31. The van der Waals surface area contributed by atoms with Crippen LogP contribution in [0.2, 0.25) is 0 Å². The van der Waals surface area contributed by atoms with Gasteiger partial charge in [0.15, 0.2) is 5.75 Å². The van der Waals surface area contributed by atoms with Crippen molar-refractivity contribution in [1.82, 2.24) is 10.3 Å². The Hall–Kier alpha value is -1.33. The quantitative estimate of drug-likeness (QED) is 0.817. The van der Waals surface area contributed by atoms with Gasteiger partial charge < -0.3 is 19.8 Å². The molecule has 19 heavy (non-hydrogen) atoms. The lowest BCUT2D eigenvalue weighted by atomic mass is 10.1. The maximum absolute atomic E-state index is 11.8. The van der Waals surface area contributed by atoms with Gasteiger partial charge in [-0.3, -0.25) is 4.79 Å². The Morgan fingerprint density at radius 3 is 3.05 bits per heavy atom. The number of H-pyrrole nitrogens is 1. The van der Waals surface area contributed by atoms with Crippen molar-refractivity contribution in [3.63, 3.8) is 0 Å². The van der Waals surface area contributed by atoms with Crippen LogP contribution in [0, 0.1) is 0 Å². The molecule has 1 aliphatic heterocycles. The second-order valence-corrected chi connectivity index (χ2v) is 4.81. The summed E-state index contributed by atoms with van der Waals surface area (Å²) in [6.45, 7) is 4.97. The van der Waals surface area contributed by atoms with Crippen LogP contribution in [0.4, 0.5) is 0 Å². The van der Waals surface area contributed by atoms with Crippen molar-refractivity contribution in [3.8, 4) is 5.75 Å². The van der Waals surface area contributed by atoms with Gasteiger partial charge in [0.05, 0.1) is 19.3 Å². The number of nitrogens with one attached hydrogen (secondary N) is 2. The molecule has 0 amide bonds. The molecular weight excluding hydrogens is 244 g/mol. The van der Waals surface area contributed by atoms with Crippen LogP contribution in [-0.2, 0) is 11.3 Å². The van der Waals surface area contributed by atoms with Crippen LogP contribution in [-0.4, -0.2) is 30.8 Å². The number of aromatic amines is 1. The standard InChI is InChI=1S/C14H22N2O3/c1-2-6-18-14-9-16-11(7-13(14)17)10-19-12-4-3-5-15-8-12/h7,9,12,15H,2-6,8,10H2,1H3,(H,16,17). The average Bonchev–Trinajstić information content (AvgIpc) is 2.45. The fraction of sp³-hybridized carbons (Fsp3) is 0.643. The van der Waals surface area contributed by atoms with Crippen molar-refractivity contribution in [2.45, 2.75) is 38.9 Å². The molecule has 1 aliphatic rings. The van der Waals surface area contributed by atoms with Gasteiger partial charge in [0.2, 0.25) is 5.43 Å². The summed E-state index contributed by atoms with van der Waals surface area (Å²) < 4.78 is 11.1. The highest BCUT2D eigenvalue weighted by Gasteiger charge is 2.13. The predicted octanol–water partition coefficient (Wildman–Crippen LogP) is 1.43. The zero-order valence-electron chi connectivity index (χ0n) is 11.4. The van der Waals surface area contributed by atoms with Gasteiger partial charge in [0.25, 0.3) is 0 Å². The highest BCUT2D eigenvalue weighted by Crippen LogP contribution is 2.09. The lowest BCUT2D eigenvalue weighted by molar-refractivity contribution is 0.0235. The molecule has 0 saturated carbocycles. The highest BCUT2D eigenvalue weighted by molar-refractivity contribution is 5.20. The minimum absolute atomic E-state index is 0.0902. The van der Waals surface area contributed by atoms with Gasteiger partial charge in [-0.05, 0) is 25.8 Å². The fourth-order valence-corrected chi connectivity index (χ4v) is 2.08. The number of rotatable bonds is 6. The van der Waals surface area contributed by atoms with E-state index in [-0.39, 0.29) is 11.5 Å². The molecule has 0 spiro atoms. The zero-order valence-corrected chi connectivity index (χ0v) is 11.4. The van der Waals surface area contributed by atoms with E-state index in [2.05, 4.69) is 10.3 Å². The van der Waals surface area contributed by atoms with E-state index in [1.807, 2.05) is 6.92 Å². The number of pyridine rings is 1. The molecule has 5 nitrogen and oxygen atoms in total. The second-order valence-electron chi connectivity index (χ2n) is 4.81. The smallest absolute Gasteiger partial charge is 0.223 e. The number of piperidine rings is 1. The molecule has 0 aliphatic carbocycles. The first-order chi connectivity index (χ1) is 9.29. The molecule has 0 radical (unpaired) electrons. The molecule has 1 aromatic heterocycles. The van der Waals surface area contributed by atoms with Crippen molar-refractivity contribution >= 4 is 0 Å². The van der Waals surface area contributed by atoms with Crippen LogP contribution in [0.5, 0.6) is 5.75 Å². The van der Waals surface area contributed by atoms with Crippen molar-refractivity contribution in [2.75, 3.05) is 19.7 Å². The largest absolute Gasteiger partial charge is 0.488 e. The molecule has 1 aromatic rings. The van der Waals surface area contributed by atoms with E-state index in [0.29, 0.717) is 19.0 Å². The van der Waals surface area contributed by atoms with Gasteiger partial charge in [-0.25, -0.2) is 0 Å². The van der Waals surface area contributed by atoms with E-state index >= 15 is 0 Å². The van der Waals surface area contributed by atoms with Crippen LogP contribution in [0.1, 0.15) is 31.9 Å². The van der Waals surface area contributed by atoms with Gasteiger partial charge >= 0.3 is 0 Å². The average molecular weight is 266 g/mol. The van der Waals surface area contributed by atoms with Gasteiger partial charge in [0.1, 0.15) is 0 Å². The topological polar surface area (TPSA) is 63.4 Å². The zero-order chi connectivity index (χ0) is 13.5. The van der Waals surface area contributed by atoms with Crippen LogP contribution >= 0.6 is 0 Å². The van der Waals surface area contributed by atoms with E-state index in [9.17, 15) is 4.79 Å². The predicted molar refractivity (Wildman–Crippen MR) is 73.5 cm³/mol. The lowest BCUT2D eigenvalue weighted by Gasteiger charge is -2.22. The normalized spacial score (nSPS) is 19.3. The first-order valence-electron chi connectivity index (χ1n) is 6.96. The van der Waals surface area contributed by atoms with Gasteiger partial charge in [-0.15, -0.1) is 0 Å². The summed E-state index contributed by atoms with van der Waals surface area (Å²) >= 11 is 0. The summed E-state index contributed by atoms with van der Waals surface area (Å²) in [5, 5.41) is 3.30. The monoisotopic (exact) mass is 266 g/mol. The number of hydrogen-bond donors (Lipinski definition) is 2. The molecule has 1 fully saturated rings. The highest BCUT2D eigenvalue weighted by atomic mass is 16.5. The van der Waals surface area contributed by atoms with Crippen LogP contribution in [0.25, 0.3) is 0 Å². The molecule has 2 N–H and O–H groups in total. The number of ether oxygens (including phenoxy) is 2. The molecule has 2 heterocycles. The summed E-state index contributed by atoms with van der Waals surface area (Å²) in [6, 6.07) is 1.56.